The van der Waals surface area contributed by atoms with E-state index in [4.69, 9.17) is 15.6 Å². The molecule has 1 aliphatic heterocycles. The van der Waals surface area contributed by atoms with E-state index >= 15 is 0 Å². The average Bonchev–Trinajstić information content (AvgIpc) is 2.63. The van der Waals surface area contributed by atoms with Crippen LogP contribution in [-0.2, 0) is 4.74 Å². The molecule has 0 amide bonds. The van der Waals surface area contributed by atoms with Gasteiger partial charge in [0.2, 0.25) is 0 Å². The molecule has 2 heterocycles. The maximum absolute atomic E-state index is 11.8. The Morgan fingerprint density at radius 3 is 2.95 bits per heavy atom. The van der Waals surface area contributed by atoms with Crippen LogP contribution in [-0.4, -0.2) is 38.6 Å². The van der Waals surface area contributed by atoms with Gasteiger partial charge in [0.05, 0.1) is 12.7 Å². The van der Waals surface area contributed by atoms with Crippen LogP contribution in [0.15, 0.2) is 17.1 Å². The van der Waals surface area contributed by atoms with Gasteiger partial charge in [-0.3, -0.25) is 4.57 Å². The van der Waals surface area contributed by atoms with Gasteiger partial charge in [0.1, 0.15) is 23.4 Å². The number of nitriles is 1. The summed E-state index contributed by atoms with van der Waals surface area (Å²) >= 11 is 0. The van der Waals surface area contributed by atoms with Crippen LogP contribution < -0.4 is 11.4 Å². The van der Waals surface area contributed by atoms with Crippen molar-refractivity contribution in [2.24, 2.45) is 5.41 Å². The molecule has 0 spiro atoms. The van der Waals surface area contributed by atoms with Crippen molar-refractivity contribution in [3.63, 3.8) is 0 Å². The highest BCUT2D eigenvalue weighted by molar-refractivity contribution is 5.24. The third-order valence-electron chi connectivity index (χ3n) is 3.31. The van der Waals surface area contributed by atoms with Crippen molar-refractivity contribution < 1.29 is 14.9 Å². The predicted molar refractivity (Wildman–Crippen MR) is 63.6 cm³/mol. The molecule has 0 bridgehead atoms. The van der Waals surface area contributed by atoms with Crippen molar-refractivity contribution in [2.75, 3.05) is 12.3 Å². The molecule has 0 aliphatic carbocycles. The molecule has 19 heavy (non-hydrogen) atoms. The van der Waals surface area contributed by atoms with E-state index in [-0.39, 0.29) is 5.82 Å². The van der Waals surface area contributed by atoms with Gasteiger partial charge in [-0.25, -0.2) is 4.79 Å². The first kappa shape index (κ1) is 13.5. The van der Waals surface area contributed by atoms with Crippen molar-refractivity contribution in [2.45, 2.75) is 25.4 Å². The number of rotatable bonds is 2. The van der Waals surface area contributed by atoms with E-state index in [1.54, 1.807) is 0 Å². The minimum atomic E-state index is -1.37. The zero-order chi connectivity index (χ0) is 14.2. The topological polar surface area (TPSA) is 134 Å². The van der Waals surface area contributed by atoms with Crippen LogP contribution in [0.2, 0.25) is 0 Å². The summed E-state index contributed by atoms with van der Waals surface area (Å²) in [6.45, 7) is 1.01. The van der Waals surface area contributed by atoms with Crippen LogP contribution in [0.4, 0.5) is 5.82 Å². The van der Waals surface area contributed by atoms with Crippen molar-refractivity contribution >= 4 is 5.82 Å². The summed E-state index contributed by atoms with van der Waals surface area (Å²) < 4.78 is 6.48. The number of ether oxygens (including phenoxy) is 1. The van der Waals surface area contributed by atoms with Crippen molar-refractivity contribution in [3.05, 3.63) is 22.7 Å². The number of anilines is 1. The number of nitrogen functional groups attached to an aromatic ring is 1. The molecular weight excluding hydrogens is 252 g/mol. The quantitative estimate of drug-likeness (QED) is 0.599. The predicted octanol–water partition coefficient (Wildman–Crippen LogP) is -1.39. The van der Waals surface area contributed by atoms with Gasteiger partial charge in [-0.2, -0.15) is 10.2 Å². The fourth-order valence-corrected chi connectivity index (χ4v) is 2.14. The normalized spacial score (nSPS) is 34.1. The molecule has 8 nitrogen and oxygen atoms in total. The lowest BCUT2D eigenvalue weighted by Crippen LogP contribution is -2.39. The third-order valence-corrected chi connectivity index (χ3v) is 3.31. The van der Waals surface area contributed by atoms with Gasteiger partial charge >= 0.3 is 5.69 Å². The molecule has 1 fully saturated rings. The fraction of sp³-hybridized carbons (Fsp3) is 0.545. The molecule has 2 rings (SSSR count). The Labute approximate surface area is 108 Å². The molecule has 0 saturated carbocycles. The number of aromatic nitrogens is 2. The summed E-state index contributed by atoms with van der Waals surface area (Å²) in [7, 11) is 0. The van der Waals surface area contributed by atoms with E-state index in [2.05, 4.69) is 4.98 Å². The highest BCUT2D eigenvalue weighted by Crippen LogP contribution is 2.44. The van der Waals surface area contributed by atoms with E-state index in [9.17, 15) is 15.2 Å². The van der Waals surface area contributed by atoms with E-state index < -0.39 is 36.1 Å². The van der Waals surface area contributed by atoms with Gasteiger partial charge in [0.25, 0.3) is 0 Å². The van der Waals surface area contributed by atoms with E-state index in [0.29, 0.717) is 0 Å². The summed E-state index contributed by atoms with van der Waals surface area (Å²) in [6.07, 6.45) is -1.83. The molecule has 4 unspecified atom stereocenters. The Bertz CT molecular complexity index is 581. The second kappa shape index (κ2) is 4.62. The molecule has 0 radical (unpaired) electrons. The first-order valence-corrected chi connectivity index (χ1v) is 5.64. The largest absolute Gasteiger partial charge is 0.394 e. The van der Waals surface area contributed by atoms with Crippen molar-refractivity contribution in [1.82, 2.24) is 9.55 Å². The zero-order valence-corrected chi connectivity index (χ0v) is 10.2. The Hall–Kier alpha value is -1.95. The van der Waals surface area contributed by atoms with Crippen LogP contribution in [0.3, 0.4) is 0 Å². The van der Waals surface area contributed by atoms with Crippen molar-refractivity contribution in [3.8, 4) is 6.07 Å². The smallest absolute Gasteiger partial charge is 0.351 e. The summed E-state index contributed by atoms with van der Waals surface area (Å²) in [4.78, 5) is 15.3. The number of nitrogens with zero attached hydrogens (tertiary/aromatic N) is 3. The maximum atomic E-state index is 11.8. The lowest BCUT2D eigenvalue weighted by atomic mass is 9.84. The van der Waals surface area contributed by atoms with Crippen LogP contribution in [0.1, 0.15) is 13.2 Å². The molecular formula is C11H14N4O4. The SMILES string of the molecule is CC1(C#N)C(O)C(CO)OC1n1ccc(N)nc1=O. The Morgan fingerprint density at radius 2 is 2.42 bits per heavy atom. The Morgan fingerprint density at radius 1 is 1.74 bits per heavy atom. The van der Waals surface area contributed by atoms with Gasteiger partial charge in [-0.05, 0) is 13.0 Å². The molecule has 1 aromatic heterocycles. The second-order valence-electron chi connectivity index (χ2n) is 4.59. The number of aliphatic hydroxyl groups excluding tert-OH is 2. The third kappa shape index (κ3) is 1.98. The maximum Gasteiger partial charge on any atom is 0.351 e. The number of nitrogens with two attached hydrogens (primary N) is 1. The van der Waals surface area contributed by atoms with Gasteiger partial charge in [0.15, 0.2) is 6.23 Å². The van der Waals surface area contributed by atoms with Crippen LogP contribution in [0, 0.1) is 16.7 Å². The molecule has 102 valence electrons. The molecule has 4 atom stereocenters. The molecule has 1 aliphatic rings. The van der Waals surface area contributed by atoms with Crippen LogP contribution in [0.25, 0.3) is 0 Å². The van der Waals surface area contributed by atoms with Gasteiger partial charge < -0.3 is 20.7 Å². The first-order valence-electron chi connectivity index (χ1n) is 5.64. The molecule has 1 aromatic rings. The Kier molecular flexibility index (Phi) is 3.28. The summed E-state index contributed by atoms with van der Waals surface area (Å²) in [6, 6.07) is 3.33. The number of hydrogen-bond donors (Lipinski definition) is 3. The monoisotopic (exact) mass is 266 g/mol. The first-order chi connectivity index (χ1) is 8.93. The molecule has 4 N–H and O–H groups in total. The standard InChI is InChI=1S/C11H14N4O4/c1-11(5-12)8(17)6(4-16)19-9(11)15-3-2-7(13)14-10(15)18/h2-3,6,8-9,16-17H,4H2,1H3,(H2,13,14,18). The number of hydrogen-bond acceptors (Lipinski definition) is 7. The average molecular weight is 266 g/mol. The summed E-state index contributed by atoms with van der Waals surface area (Å²) in [5.41, 5.74) is 3.34. The van der Waals surface area contributed by atoms with Gasteiger partial charge in [-0.15, -0.1) is 0 Å². The van der Waals surface area contributed by atoms with Crippen LogP contribution in [0.5, 0.6) is 0 Å². The van der Waals surface area contributed by atoms with Crippen LogP contribution >= 0.6 is 0 Å². The second-order valence-corrected chi connectivity index (χ2v) is 4.59. The summed E-state index contributed by atoms with van der Waals surface area (Å²) in [5.74, 6) is 0.0529. The minimum absolute atomic E-state index is 0.0529. The Balaban J connectivity index is 2.49. The van der Waals surface area contributed by atoms with Gasteiger partial charge in [0, 0.05) is 6.20 Å². The van der Waals surface area contributed by atoms with Crippen molar-refractivity contribution in [1.29, 1.82) is 5.26 Å². The van der Waals surface area contributed by atoms with E-state index in [0.717, 1.165) is 4.57 Å². The lowest BCUT2D eigenvalue weighted by molar-refractivity contribution is -0.0503. The molecule has 1 saturated heterocycles. The highest BCUT2D eigenvalue weighted by atomic mass is 16.5. The van der Waals surface area contributed by atoms with E-state index in [1.165, 1.54) is 19.2 Å². The lowest BCUT2D eigenvalue weighted by Gasteiger charge is -2.25. The minimum Gasteiger partial charge on any atom is -0.394 e. The number of aliphatic hydroxyl groups is 2. The zero-order valence-electron chi connectivity index (χ0n) is 10.2. The molecule has 0 aromatic carbocycles. The summed E-state index contributed by atoms with van der Waals surface area (Å²) in [5, 5.41) is 28.4. The van der Waals surface area contributed by atoms with Gasteiger partial charge in [-0.1, -0.05) is 0 Å². The van der Waals surface area contributed by atoms with E-state index in [1.807, 2.05) is 6.07 Å². The fourth-order valence-electron chi connectivity index (χ4n) is 2.14. The molecule has 8 heteroatoms. The highest BCUT2D eigenvalue weighted by Gasteiger charge is 2.54.